The van der Waals surface area contributed by atoms with Gasteiger partial charge in [-0.15, -0.1) is 0 Å². The van der Waals surface area contributed by atoms with Crippen LogP contribution < -0.4 is 10.6 Å². The average molecular weight is 449 g/mol. The molecule has 1 aromatic rings. The van der Waals surface area contributed by atoms with Gasteiger partial charge in [-0.2, -0.15) is 0 Å². The first-order valence-electron chi connectivity index (χ1n) is 11.1. The Morgan fingerprint density at radius 2 is 1.88 bits per heavy atom. The summed E-state index contributed by atoms with van der Waals surface area (Å²) in [7, 11) is 0. The predicted octanol–water partition coefficient (Wildman–Crippen LogP) is 2.16. The summed E-state index contributed by atoms with van der Waals surface area (Å²) in [5, 5.41) is 16.1. The molecule has 3 amide bonds. The van der Waals surface area contributed by atoms with Crippen LogP contribution in [0.1, 0.15) is 66.2 Å². The van der Waals surface area contributed by atoms with Gasteiger partial charge in [0.15, 0.2) is 0 Å². The maximum Gasteiger partial charge on any atom is 0.408 e. The predicted molar refractivity (Wildman–Crippen MR) is 120 cm³/mol. The van der Waals surface area contributed by atoms with Gasteiger partial charge in [0.05, 0.1) is 11.7 Å². The number of carbonyl (C=O) groups is 3. The first-order chi connectivity index (χ1) is 14.9. The number of pyridine rings is 1. The molecule has 0 aliphatic carbocycles. The van der Waals surface area contributed by atoms with E-state index in [1.807, 2.05) is 13.8 Å². The van der Waals surface area contributed by atoms with Crippen LogP contribution in [0.4, 0.5) is 4.79 Å². The third-order valence-electron chi connectivity index (χ3n) is 5.29. The largest absolute Gasteiger partial charge is 0.444 e. The summed E-state index contributed by atoms with van der Waals surface area (Å²) < 4.78 is 5.18. The minimum Gasteiger partial charge on any atom is -0.444 e. The van der Waals surface area contributed by atoms with Crippen molar-refractivity contribution in [1.82, 2.24) is 20.5 Å². The summed E-state index contributed by atoms with van der Waals surface area (Å²) in [5.74, 6) is -0.923. The van der Waals surface area contributed by atoms with Crippen molar-refractivity contribution < 1.29 is 24.2 Å². The van der Waals surface area contributed by atoms with Gasteiger partial charge in [0.1, 0.15) is 23.8 Å². The van der Waals surface area contributed by atoms with Crippen LogP contribution in [0.25, 0.3) is 0 Å². The lowest BCUT2D eigenvalue weighted by Crippen LogP contribution is -2.56. The molecule has 4 atom stereocenters. The van der Waals surface area contributed by atoms with Crippen LogP contribution in [0, 0.1) is 5.92 Å². The Morgan fingerprint density at radius 1 is 1.19 bits per heavy atom. The first kappa shape index (κ1) is 25.6. The molecule has 1 aliphatic rings. The molecule has 0 aromatic carbocycles. The molecule has 1 saturated heterocycles. The molecule has 3 N–H and O–H groups in total. The van der Waals surface area contributed by atoms with Crippen LogP contribution in [0.5, 0.6) is 0 Å². The summed E-state index contributed by atoms with van der Waals surface area (Å²) in [6.07, 6.45) is 1.41. The van der Waals surface area contributed by atoms with Crippen molar-refractivity contribution in [2.75, 3.05) is 6.54 Å². The third-order valence-corrected chi connectivity index (χ3v) is 5.29. The van der Waals surface area contributed by atoms with E-state index in [1.54, 1.807) is 50.1 Å². The molecule has 0 radical (unpaired) electrons. The van der Waals surface area contributed by atoms with Gasteiger partial charge in [-0.05, 0) is 58.6 Å². The molecule has 2 rings (SSSR count). The highest BCUT2D eigenvalue weighted by Crippen LogP contribution is 2.29. The van der Waals surface area contributed by atoms with Crippen LogP contribution in [-0.2, 0) is 14.3 Å². The monoisotopic (exact) mass is 448 g/mol. The van der Waals surface area contributed by atoms with Crippen LogP contribution in [0.2, 0.25) is 0 Å². The molecule has 9 heteroatoms. The molecule has 9 nitrogen and oxygen atoms in total. The molecule has 0 saturated carbocycles. The molecule has 1 aliphatic heterocycles. The van der Waals surface area contributed by atoms with Gasteiger partial charge >= 0.3 is 6.09 Å². The number of aliphatic hydroxyl groups is 1. The zero-order valence-electron chi connectivity index (χ0n) is 19.8. The maximum atomic E-state index is 13.4. The Bertz CT molecular complexity index is 793. The third kappa shape index (κ3) is 6.91. The molecule has 1 fully saturated rings. The lowest BCUT2D eigenvalue weighted by atomic mass is 10.00. The molecule has 2 heterocycles. The van der Waals surface area contributed by atoms with E-state index >= 15 is 0 Å². The number of hydrogen-bond donors (Lipinski definition) is 3. The van der Waals surface area contributed by atoms with E-state index in [2.05, 4.69) is 15.6 Å². The van der Waals surface area contributed by atoms with E-state index in [1.165, 1.54) is 6.92 Å². The second-order valence-corrected chi connectivity index (χ2v) is 9.54. The molecule has 0 spiro atoms. The normalized spacial score (nSPS) is 19.2. The van der Waals surface area contributed by atoms with Crippen LogP contribution >= 0.6 is 0 Å². The van der Waals surface area contributed by atoms with Crippen molar-refractivity contribution in [1.29, 1.82) is 0 Å². The number of hydrogen-bond acceptors (Lipinski definition) is 6. The number of carbonyl (C=O) groups excluding carboxylic acids is 3. The van der Waals surface area contributed by atoms with E-state index in [-0.39, 0.29) is 11.8 Å². The Hall–Kier alpha value is -2.68. The van der Waals surface area contributed by atoms with Gasteiger partial charge in [0, 0.05) is 12.7 Å². The Kier molecular flexibility index (Phi) is 8.60. The second-order valence-electron chi connectivity index (χ2n) is 9.54. The van der Waals surface area contributed by atoms with Crippen molar-refractivity contribution in [2.45, 2.75) is 84.2 Å². The number of nitrogens with zero attached hydrogens (tertiary/aromatic N) is 2. The quantitative estimate of drug-likeness (QED) is 0.588. The van der Waals surface area contributed by atoms with Crippen molar-refractivity contribution in [3.8, 4) is 0 Å². The minimum atomic E-state index is -0.904. The summed E-state index contributed by atoms with van der Waals surface area (Å²) in [6, 6.07) is 3.22. The highest BCUT2D eigenvalue weighted by Gasteiger charge is 2.39. The Labute approximate surface area is 189 Å². The van der Waals surface area contributed by atoms with Gasteiger partial charge < -0.3 is 25.4 Å². The van der Waals surface area contributed by atoms with Crippen LogP contribution in [0.15, 0.2) is 24.4 Å². The smallest absolute Gasteiger partial charge is 0.408 e. The number of ether oxygens (including phenoxy) is 1. The lowest BCUT2D eigenvalue weighted by Gasteiger charge is -2.33. The van der Waals surface area contributed by atoms with Crippen molar-refractivity contribution in [2.24, 2.45) is 5.92 Å². The summed E-state index contributed by atoms with van der Waals surface area (Å²) in [6.45, 7) is 10.9. The average Bonchev–Trinajstić information content (AvgIpc) is 3.19. The van der Waals surface area contributed by atoms with E-state index in [0.717, 1.165) is 6.42 Å². The lowest BCUT2D eigenvalue weighted by molar-refractivity contribution is -0.140. The number of nitrogens with one attached hydrogen (secondary N) is 2. The number of amides is 3. The van der Waals surface area contributed by atoms with Crippen molar-refractivity contribution in [3.05, 3.63) is 30.1 Å². The molecular formula is C23H36N4O5. The topological polar surface area (TPSA) is 121 Å². The van der Waals surface area contributed by atoms with Gasteiger partial charge in [-0.25, -0.2) is 4.79 Å². The fraction of sp³-hybridized carbons (Fsp3) is 0.652. The van der Waals surface area contributed by atoms with Crippen molar-refractivity contribution >= 4 is 17.9 Å². The number of likely N-dealkylation sites (tertiary alicyclic amines) is 1. The molecule has 0 bridgehead atoms. The van der Waals surface area contributed by atoms with Crippen LogP contribution in [0.3, 0.4) is 0 Å². The van der Waals surface area contributed by atoms with Gasteiger partial charge in [0.2, 0.25) is 11.8 Å². The highest BCUT2D eigenvalue weighted by molar-refractivity contribution is 5.91. The summed E-state index contributed by atoms with van der Waals surface area (Å²) >= 11 is 0. The highest BCUT2D eigenvalue weighted by atomic mass is 16.6. The van der Waals surface area contributed by atoms with Crippen LogP contribution in [-0.4, -0.2) is 63.2 Å². The van der Waals surface area contributed by atoms with E-state index < -0.39 is 41.8 Å². The second kappa shape index (κ2) is 10.8. The first-order valence-corrected chi connectivity index (χ1v) is 11.1. The number of aliphatic hydroxyl groups excluding tert-OH is 1. The standard InChI is InChI=1S/C23H36N4O5/c1-14(2)18(26-20(29)15(3)25-22(31)32-23(4,5)6)21(30)27-13-9-11-17(27)19(28)16-10-7-8-12-24-16/h7-8,10,12,14-15,17-19,28H,9,11,13H2,1-6H3,(H,25,31)(H,26,29)/t15-,17-,18-,19?/m0/s1. The van der Waals surface area contributed by atoms with E-state index in [4.69, 9.17) is 4.74 Å². The SMILES string of the molecule is CC(C)[C@H](NC(=O)[C@H](C)NC(=O)OC(C)(C)C)C(=O)N1CCC[C@H]1C(O)c1ccccn1. The molecule has 1 aromatic heterocycles. The Balaban J connectivity index is 2.06. The van der Waals surface area contributed by atoms with Crippen molar-refractivity contribution in [3.63, 3.8) is 0 Å². The zero-order chi connectivity index (χ0) is 24.1. The fourth-order valence-electron chi connectivity index (χ4n) is 3.66. The fourth-order valence-corrected chi connectivity index (χ4v) is 3.66. The number of rotatable bonds is 7. The molecule has 32 heavy (non-hydrogen) atoms. The van der Waals surface area contributed by atoms with Gasteiger partial charge in [-0.3, -0.25) is 14.6 Å². The minimum absolute atomic E-state index is 0.187. The summed E-state index contributed by atoms with van der Waals surface area (Å²) in [4.78, 5) is 43.9. The van der Waals surface area contributed by atoms with Gasteiger partial charge in [-0.1, -0.05) is 19.9 Å². The summed E-state index contributed by atoms with van der Waals surface area (Å²) in [5.41, 5.74) is -0.173. The molecule has 178 valence electrons. The zero-order valence-corrected chi connectivity index (χ0v) is 19.8. The number of aromatic nitrogens is 1. The number of alkyl carbamates (subject to hydrolysis) is 1. The van der Waals surface area contributed by atoms with E-state index in [9.17, 15) is 19.5 Å². The molecule has 1 unspecified atom stereocenters. The molecular weight excluding hydrogens is 412 g/mol. The van der Waals surface area contributed by atoms with Gasteiger partial charge in [0.25, 0.3) is 0 Å². The Morgan fingerprint density at radius 3 is 2.44 bits per heavy atom. The van der Waals surface area contributed by atoms with E-state index in [0.29, 0.717) is 18.7 Å². The maximum absolute atomic E-state index is 13.4.